The third kappa shape index (κ3) is 4.37. The molecule has 1 aromatic carbocycles. The van der Waals surface area contributed by atoms with E-state index in [0.29, 0.717) is 10.9 Å². The number of amides is 1. The molecule has 0 aliphatic carbocycles. The van der Waals surface area contributed by atoms with Gasteiger partial charge in [-0.25, -0.2) is 0 Å². The van der Waals surface area contributed by atoms with Crippen LogP contribution in [0.4, 0.5) is 0 Å². The van der Waals surface area contributed by atoms with Crippen LogP contribution in [0.25, 0.3) is 0 Å². The molecule has 2 rings (SSSR count). The molecule has 0 atom stereocenters. The average molecular weight is 345 g/mol. The van der Waals surface area contributed by atoms with Gasteiger partial charge in [0.15, 0.2) is 0 Å². The highest BCUT2D eigenvalue weighted by molar-refractivity contribution is 6.30. The van der Waals surface area contributed by atoms with Gasteiger partial charge in [0, 0.05) is 18.1 Å². The van der Waals surface area contributed by atoms with Crippen molar-refractivity contribution in [3.8, 4) is 0 Å². The molecule has 0 saturated carbocycles. The SMILES string of the molecule is CNCC1CCN(C(=O)C(C)(C)c2cccc(Cl)c2)CC1.Cl. The van der Waals surface area contributed by atoms with Crippen LogP contribution in [0.1, 0.15) is 32.3 Å². The lowest BCUT2D eigenvalue weighted by atomic mass is 9.82. The number of rotatable bonds is 4. The van der Waals surface area contributed by atoms with Crippen molar-refractivity contribution in [2.45, 2.75) is 32.1 Å². The second-order valence-corrected chi connectivity index (χ2v) is 6.87. The summed E-state index contributed by atoms with van der Waals surface area (Å²) in [5.74, 6) is 0.890. The quantitative estimate of drug-likeness (QED) is 0.906. The molecular formula is C17H26Cl2N2O. The second-order valence-electron chi connectivity index (χ2n) is 6.43. The first-order chi connectivity index (χ1) is 9.95. The third-order valence-electron chi connectivity index (χ3n) is 4.48. The largest absolute Gasteiger partial charge is 0.342 e. The molecule has 1 amide bonds. The summed E-state index contributed by atoms with van der Waals surface area (Å²) in [6.07, 6.45) is 2.16. The minimum Gasteiger partial charge on any atom is -0.342 e. The highest BCUT2D eigenvalue weighted by atomic mass is 35.5. The van der Waals surface area contributed by atoms with Gasteiger partial charge in [-0.15, -0.1) is 12.4 Å². The van der Waals surface area contributed by atoms with E-state index in [1.54, 1.807) is 0 Å². The van der Waals surface area contributed by atoms with Crippen molar-refractivity contribution in [3.63, 3.8) is 0 Å². The zero-order valence-corrected chi connectivity index (χ0v) is 15.1. The van der Waals surface area contributed by atoms with Gasteiger partial charge in [-0.1, -0.05) is 23.7 Å². The number of nitrogens with one attached hydrogen (secondary N) is 1. The van der Waals surface area contributed by atoms with E-state index in [-0.39, 0.29) is 18.3 Å². The first-order valence-corrected chi connectivity index (χ1v) is 8.03. The summed E-state index contributed by atoms with van der Waals surface area (Å²) in [5, 5.41) is 3.91. The maximum atomic E-state index is 12.9. The fourth-order valence-corrected chi connectivity index (χ4v) is 3.22. The molecule has 0 aromatic heterocycles. The van der Waals surface area contributed by atoms with Gasteiger partial charge in [-0.2, -0.15) is 0 Å². The summed E-state index contributed by atoms with van der Waals surface area (Å²) < 4.78 is 0. The van der Waals surface area contributed by atoms with E-state index in [1.165, 1.54) is 0 Å². The Morgan fingerprint density at radius 1 is 1.36 bits per heavy atom. The number of carbonyl (C=O) groups is 1. The molecule has 5 heteroatoms. The maximum absolute atomic E-state index is 12.9. The van der Waals surface area contributed by atoms with Gasteiger partial charge in [0.2, 0.25) is 5.91 Å². The van der Waals surface area contributed by atoms with E-state index in [9.17, 15) is 4.79 Å². The molecule has 22 heavy (non-hydrogen) atoms. The summed E-state index contributed by atoms with van der Waals surface area (Å²) in [4.78, 5) is 14.9. The molecular weight excluding hydrogens is 319 g/mol. The molecule has 1 aliphatic rings. The Kier molecular flexibility index (Phi) is 7.17. The molecule has 0 bridgehead atoms. The zero-order valence-electron chi connectivity index (χ0n) is 13.6. The van der Waals surface area contributed by atoms with Crippen LogP contribution >= 0.6 is 24.0 Å². The number of hydrogen-bond donors (Lipinski definition) is 1. The van der Waals surface area contributed by atoms with Crippen molar-refractivity contribution >= 4 is 29.9 Å². The Labute approximate surface area is 144 Å². The summed E-state index contributed by atoms with van der Waals surface area (Å²) in [5.41, 5.74) is 0.457. The monoisotopic (exact) mass is 344 g/mol. The Morgan fingerprint density at radius 2 is 2.00 bits per heavy atom. The molecule has 3 nitrogen and oxygen atoms in total. The number of likely N-dealkylation sites (tertiary alicyclic amines) is 1. The van der Waals surface area contributed by atoms with Crippen LogP contribution in [0.2, 0.25) is 5.02 Å². The van der Waals surface area contributed by atoms with Crippen molar-refractivity contribution in [1.82, 2.24) is 10.2 Å². The fourth-order valence-electron chi connectivity index (χ4n) is 3.02. The lowest BCUT2D eigenvalue weighted by Gasteiger charge is -2.37. The van der Waals surface area contributed by atoms with Crippen LogP contribution in [0.15, 0.2) is 24.3 Å². The first-order valence-electron chi connectivity index (χ1n) is 7.65. The Morgan fingerprint density at radius 3 is 2.55 bits per heavy atom. The molecule has 1 heterocycles. The van der Waals surface area contributed by atoms with Crippen LogP contribution in [0.3, 0.4) is 0 Å². The summed E-state index contributed by atoms with van der Waals surface area (Å²) in [6, 6.07) is 7.63. The number of nitrogens with zero attached hydrogens (tertiary/aromatic N) is 1. The molecule has 0 radical (unpaired) electrons. The topological polar surface area (TPSA) is 32.3 Å². The van der Waals surface area contributed by atoms with Crippen LogP contribution in [0.5, 0.6) is 0 Å². The van der Waals surface area contributed by atoms with Gasteiger partial charge in [0.05, 0.1) is 5.41 Å². The van der Waals surface area contributed by atoms with E-state index in [0.717, 1.165) is 38.0 Å². The fraction of sp³-hybridized carbons (Fsp3) is 0.588. The van der Waals surface area contributed by atoms with Crippen molar-refractivity contribution < 1.29 is 4.79 Å². The minimum absolute atomic E-state index is 0. The van der Waals surface area contributed by atoms with Crippen LogP contribution in [0, 0.1) is 5.92 Å². The number of halogens is 2. The van der Waals surface area contributed by atoms with Gasteiger partial charge in [-0.05, 0) is 63.9 Å². The third-order valence-corrected chi connectivity index (χ3v) is 4.71. The number of benzene rings is 1. The molecule has 0 unspecified atom stereocenters. The minimum atomic E-state index is -0.527. The van der Waals surface area contributed by atoms with E-state index < -0.39 is 5.41 Å². The molecule has 1 aromatic rings. The predicted octanol–water partition coefficient (Wildman–Crippen LogP) is 3.50. The molecule has 1 aliphatic heterocycles. The number of carbonyl (C=O) groups excluding carboxylic acids is 1. The smallest absolute Gasteiger partial charge is 0.232 e. The highest BCUT2D eigenvalue weighted by Gasteiger charge is 2.35. The molecule has 1 fully saturated rings. The van der Waals surface area contributed by atoms with Gasteiger partial charge in [0.1, 0.15) is 0 Å². The molecule has 124 valence electrons. The Bertz CT molecular complexity index is 497. The van der Waals surface area contributed by atoms with E-state index in [1.807, 2.05) is 50.1 Å². The van der Waals surface area contributed by atoms with Crippen molar-refractivity contribution in [3.05, 3.63) is 34.9 Å². The van der Waals surface area contributed by atoms with Gasteiger partial charge >= 0.3 is 0 Å². The highest BCUT2D eigenvalue weighted by Crippen LogP contribution is 2.29. The molecule has 0 spiro atoms. The first kappa shape index (κ1) is 19.3. The number of piperidine rings is 1. The van der Waals surface area contributed by atoms with Crippen LogP contribution in [-0.4, -0.2) is 37.5 Å². The maximum Gasteiger partial charge on any atom is 0.232 e. The summed E-state index contributed by atoms with van der Waals surface area (Å²) in [7, 11) is 1.99. The van der Waals surface area contributed by atoms with E-state index >= 15 is 0 Å². The Hall–Kier alpha value is -0.770. The van der Waals surface area contributed by atoms with Crippen molar-refractivity contribution in [1.29, 1.82) is 0 Å². The summed E-state index contributed by atoms with van der Waals surface area (Å²) in [6.45, 7) is 6.73. The van der Waals surface area contributed by atoms with Gasteiger partial charge in [-0.3, -0.25) is 4.79 Å². The molecule has 1 N–H and O–H groups in total. The van der Waals surface area contributed by atoms with Crippen LogP contribution in [-0.2, 0) is 10.2 Å². The Balaban J connectivity index is 0.00000242. The normalized spacial score (nSPS) is 16.3. The lowest BCUT2D eigenvalue weighted by Crippen LogP contribution is -2.47. The predicted molar refractivity (Wildman–Crippen MR) is 95.0 cm³/mol. The zero-order chi connectivity index (χ0) is 15.5. The summed E-state index contributed by atoms with van der Waals surface area (Å²) >= 11 is 6.06. The standard InChI is InChI=1S/C17H25ClN2O.ClH/c1-17(2,14-5-4-6-15(18)11-14)16(21)20-9-7-13(8-10-20)12-19-3;/h4-6,11,13,19H,7-10,12H2,1-3H3;1H. The van der Waals surface area contributed by atoms with Gasteiger partial charge in [0.25, 0.3) is 0 Å². The van der Waals surface area contributed by atoms with E-state index in [4.69, 9.17) is 11.6 Å². The van der Waals surface area contributed by atoms with Crippen molar-refractivity contribution in [2.75, 3.05) is 26.7 Å². The van der Waals surface area contributed by atoms with E-state index in [2.05, 4.69) is 5.32 Å². The molecule has 1 saturated heterocycles. The average Bonchev–Trinajstić information content (AvgIpc) is 2.47. The second kappa shape index (κ2) is 8.19. The number of hydrogen-bond acceptors (Lipinski definition) is 2. The van der Waals surface area contributed by atoms with Crippen LogP contribution < -0.4 is 5.32 Å². The van der Waals surface area contributed by atoms with Crippen molar-refractivity contribution in [2.24, 2.45) is 5.92 Å². The van der Waals surface area contributed by atoms with Gasteiger partial charge < -0.3 is 10.2 Å². The lowest BCUT2D eigenvalue weighted by molar-refractivity contribution is -0.137.